The number of aromatic nitrogens is 2. The molecule has 1 aromatic heterocycles. The topological polar surface area (TPSA) is 66.7 Å². The molecule has 1 aromatic carbocycles. The van der Waals surface area contributed by atoms with Gasteiger partial charge in [-0.2, -0.15) is 5.10 Å². The molecule has 4 nitrogen and oxygen atoms in total. The van der Waals surface area contributed by atoms with Gasteiger partial charge in [0.05, 0.1) is 17.6 Å². The van der Waals surface area contributed by atoms with Crippen molar-refractivity contribution < 1.29 is 0 Å². The van der Waals surface area contributed by atoms with E-state index in [-0.39, 0.29) is 0 Å². The molecule has 4 heteroatoms. The minimum absolute atomic E-state index is 0.727. The Morgan fingerprint density at radius 2 is 2.21 bits per heavy atom. The Bertz CT molecular complexity index is 394. The number of hydrogen-bond donors (Lipinski definition) is 3. The molecule has 0 aliphatic carbocycles. The van der Waals surface area contributed by atoms with Crippen molar-refractivity contribution in [1.29, 1.82) is 0 Å². The van der Waals surface area contributed by atoms with E-state index in [9.17, 15) is 0 Å². The Balaban J connectivity index is 2.02. The van der Waals surface area contributed by atoms with Gasteiger partial charge in [-0.05, 0) is 12.1 Å². The minimum Gasteiger partial charge on any atom is -0.397 e. The van der Waals surface area contributed by atoms with E-state index in [1.807, 2.05) is 30.5 Å². The molecule has 0 aliphatic rings. The maximum Gasteiger partial charge on any atom is 0.0576 e. The van der Waals surface area contributed by atoms with Crippen LogP contribution in [-0.4, -0.2) is 10.2 Å². The molecule has 0 fully saturated rings. The Labute approximate surface area is 82.1 Å². The highest BCUT2D eigenvalue weighted by Crippen LogP contribution is 2.17. The molecule has 0 atom stereocenters. The summed E-state index contributed by atoms with van der Waals surface area (Å²) in [6.45, 7) is 0.727. The average Bonchev–Trinajstić information content (AvgIpc) is 2.69. The van der Waals surface area contributed by atoms with Crippen LogP contribution in [0.1, 0.15) is 5.56 Å². The molecule has 4 N–H and O–H groups in total. The quantitative estimate of drug-likeness (QED) is 0.641. The van der Waals surface area contributed by atoms with Crippen molar-refractivity contribution in [1.82, 2.24) is 10.2 Å². The molecule has 14 heavy (non-hydrogen) atoms. The van der Waals surface area contributed by atoms with Gasteiger partial charge in [0.15, 0.2) is 0 Å². The molecular weight excluding hydrogens is 176 g/mol. The first-order chi connectivity index (χ1) is 6.86. The third-order valence-electron chi connectivity index (χ3n) is 2.00. The van der Waals surface area contributed by atoms with Gasteiger partial charge >= 0.3 is 0 Å². The van der Waals surface area contributed by atoms with Gasteiger partial charge in [-0.25, -0.2) is 0 Å². The smallest absolute Gasteiger partial charge is 0.0576 e. The van der Waals surface area contributed by atoms with Crippen LogP contribution in [-0.2, 0) is 6.54 Å². The first-order valence-electron chi connectivity index (χ1n) is 4.42. The number of nitrogens with one attached hydrogen (secondary N) is 2. The number of H-pyrrole nitrogens is 1. The SMILES string of the molecule is Nc1ccccc1NCc1cn[nH]c1. The fourth-order valence-electron chi connectivity index (χ4n) is 1.23. The fourth-order valence-corrected chi connectivity index (χ4v) is 1.23. The van der Waals surface area contributed by atoms with E-state index in [1.165, 1.54) is 0 Å². The number of benzene rings is 1. The molecule has 2 rings (SSSR count). The number of para-hydroxylation sites is 2. The van der Waals surface area contributed by atoms with Gasteiger partial charge < -0.3 is 11.1 Å². The third kappa shape index (κ3) is 1.85. The van der Waals surface area contributed by atoms with Crippen molar-refractivity contribution in [3.8, 4) is 0 Å². The largest absolute Gasteiger partial charge is 0.397 e. The highest BCUT2D eigenvalue weighted by Gasteiger charge is 1.97. The van der Waals surface area contributed by atoms with Gasteiger partial charge in [0.1, 0.15) is 0 Å². The normalized spacial score (nSPS) is 10.0. The highest BCUT2D eigenvalue weighted by molar-refractivity contribution is 5.65. The van der Waals surface area contributed by atoms with Crippen molar-refractivity contribution in [2.75, 3.05) is 11.1 Å². The predicted molar refractivity (Wildman–Crippen MR) is 56.8 cm³/mol. The van der Waals surface area contributed by atoms with Crippen LogP contribution in [0.15, 0.2) is 36.7 Å². The van der Waals surface area contributed by atoms with Gasteiger partial charge in [0.25, 0.3) is 0 Å². The number of anilines is 2. The van der Waals surface area contributed by atoms with Gasteiger partial charge in [0, 0.05) is 18.3 Å². The molecule has 0 aliphatic heterocycles. The van der Waals surface area contributed by atoms with Crippen molar-refractivity contribution in [2.24, 2.45) is 0 Å². The molecule has 0 bridgehead atoms. The second kappa shape index (κ2) is 3.83. The summed E-state index contributed by atoms with van der Waals surface area (Å²) in [6.07, 6.45) is 3.64. The van der Waals surface area contributed by atoms with E-state index in [2.05, 4.69) is 15.5 Å². The van der Waals surface area contributed by atoms with Crippen LogP contribution in [0.3, 0.4) is 0 Å². The zero-order chi connectivity index (χ0) is 9.80. The second-order valence-corrected chi connectivity index (χ2v) is 3.05. The minimum atomic E-state index is 0.727. The zero-order valence-electron chi connectivity index (χ0n) is 7.70. The summed E-state index contributed by atoms with van der Waals surface area (Å²) >= 11 is 0. The molecular formula is C10H12N4. The Hall–Kier alpha value is -1.97. The lowest BCUT2D eigenvalue weighted by Gasteiger charge is -2.06. The molecule has 72 valence electrons. The van der Waals surface area contributed by atoms with E-state index >= 15 is 0 Å². The van der Waals surface area contributed by atoms with Crippen LogP contribution in [0.5, 0.6) is 0 Å². The van der Waals surface area contributed by atoms with Crippen LogP contribution in [0.4, 0.5) is 11.4 Å². The maximum absolute atomic E-state index is 5.77. The Morgan fingerprint density at radius 3 is 2.93 bits per heavy atom. The molecule has 2 aromatic rings. The molecule has 0 amide bonds. The van der Waals surface area contributed by atoms with E-state index in [0.717, 1.165) is 23.5 Å². The summed E-state index contributed by atoms with van der Waals surface area (Å²) in [7, 11) is 0. The fraction of sp³-hybridized carbons (Fsp3) is 0.100. The Morgan fingerprint density at radius 1 is 1.36 bits per heavy atom. The van der Waals surface area contributed by atoms with Gasteiger partial charge in [-0.1, -0.05) is 12.1 Å². The van der Waals surface area contributed by atoms with Crippen molar-refractivity contribution >= 4 is 11.4 Å². The monoisotopic (exact) mass is 188 g/mol. The van der Waals surface area contributed by atoms with Crippen molar-refractivity contribution in [2.45, 2.75) is 6.54 Å². The lowest BCUT2D eigenvalue weighted by molar-refractivity contribution is 1.09. The van der Waals surface area contributed by atoms with Gasteiger partial charge in [-0.15, -0.1) is 0 Å². The molecule has 0 saturated carbocycles. The third-order valence-corrected chi connectivity index (χ3v) is 2.00. The van der Waals surface area contributed by atoms with Gasteiger partial charge in [-0.3, -0.25) is 5.10 Å². The number of aromatic amines is 1. The second-order valence-electron chi connectivity index (χ2n) is 3.05. The predicted octanol–water partition coefficient (Wildman–Crippen LogP) is 1.60. The summed E-state index contributed by atoms with van der Waals surface area (Å²) in [6, 6.07) is 7.69. The lowest BCUT2D eigenvalue weighted by atomic mass is 10.2. The first kappa shape index (κ1) is 8.62. The van der Waals surface area contributed by atoms with Crippen molar-refractivity contribution in [3.05, 3.63) is 42.2 Å². The molecule has 1 heterocycles. The molecule has 0 saturated heterocycles. The van der Waals surface area contributed by atoms with Crippen LogP contribution < -0.4 is 11.1 Å². The standard InChI is InChI=1S/C10H12N4/c11-9-3-1-2-4-10(9)12-5-8-6-13-14-7-8/h1-4,6-7,12H,5,11H2,(H,13,14). The van der Waals surface area contributed by atoms with E-state index in [4.69, 9.17) is 5.73 Å². The number of rotatable bonds is 3. The molecule has 0 spiro atoms. The summed E-state index contributed by atoms with van der Waals surface area (Å²) in [5, 5.41) is 9.85. The van der Waals surface area contributed by atoms with Crippen LogP contribution in [0.25, 0.3) is 0 Å². The van der Waals surface area contributed by atoms with Crippen LogP contribution in [0.2, 0.25) is 0 Å². The number of nitrogen functional groups attached to an aromatic ring is 1. The molecule has 0 radical (unpaired) electrons. The highest BCUT2D eigenvalue weighted by atomic mass is 15.1. The lowest BCUT2D eigenvalue weighted by Crippen LogP contribution is -2.01. The molecule has 0 unspecified atom stereocenters. The summed E-state index contributed by atoms with van der Waals surface area (Å²) in [4.78, 5) is 0. The number of nitrogens with zero attached hydrogens (tertiary/aromatic N) is 1. The summed E-state index contributed by atoms with van der Waals surface area (Å²) in [5.41, 5.74) is 8.59. The summed E-state index contributed by atoms with van der Waals surface area (Å²) < 4.78 is 0. The van der Waals surface area contributed by atoms with Crippen LogP contribution in [0, 0.1) is 0 Å². The number of nitrogens with two attached hydrogens (primary N) is 1. The number of hydrogen-bond acceptors (Lipinski definition) is 3. The van der Waals surface area contributed by atoms with Crippen LogP contribution >= 0.6 is 0 Å². The zero-order valence-corrected chi connectivity index (χ0v) is 7.70. The Kier molecular flexibility index (Phi) is 2.36. The van der Waals surface area contributed by atoms with Gasteiger partial charge in [0.2, 0.25) is 0 Å². The van der Waals surface area contributed by atoms with E-state index < -0.39 is 0 Å². The summed E-state index contributed by atoms with van der Waals surface area (Å²) in [5.74, 6) is 0. The maximum atomic E-state index is 5.77. The van der Waals surface area contributed by atoms with E-state index in [1.54, 1.807) is 6.20 Å². The van der Waals surface area contributed by atoms with Crippen molar-refractivity contribution in [3.63, 3.8) is 0 Å². The van der Waals surface area contributed by atoms with E-state index in [0.29, 0.717) is 0 Å². The average molecular weight is 188 g/mol. The first-order valence-corrected chi connectivity index (χ1v) is 4.42.